The van der Waals surface area contributed by atoms with Crippen molar-refractivity contribution < 1.29 is 18.3 Å². The van der Waals surface area contributed by atoms with Gasteiger partial charge in [0.1, 0.15) is 0 Å². The van der Waals surface area contributed by atoms with Gasteiger partial charge in [0.05, 0.1) is 17.0 Å². The van der Waals surface area contributed by atoms with Crippen LogP contribution in [-0.2, 0) is 10.0 Å². The van der Waals surface area contributed by atoms with Gasteiger partial charge in [-0.1, -0.05) is 18.5 Å². The number of carboxylic acids is 1. The molecule has 0 aliphatic heterocycles. The van der Waals surface area contributed by atoms with Crippen LogP contribution in [0.25, 0.3) is 0 Å². The van der Waals surface area contributed by atoms with E-state index in [1.807, 2.05) is 0 Å². The molecule has 0 amide bonds. The summed E-state index contributed by atoms with van der Waals surface area (Å²) in [7, 11) is -3.51. The molecular formula is C10H12ClNO4S. The lowest BCUT2D eigenvalue weighted by Crippen LogP contribution is -2.18. The van der Waals surface area contributed by atoms with E-state index in [0.717, 1.165) is 0 Å². The van der Waals surface area contributed by atoms with Gasteiger partial charge in [0.15, 0.2) is 0 Å². The van der Waals surface area contributed by atoms with Crippen LogP contribution in [0.15, 0.2) is 18.2 Å². The van der Waals surface area contributed by atoms with Crippen LogP contribution in [0.1, 0.15) is 23.7 Å². The molecule has 7 heteroatoms. The molecule has 17 heavy (non-hydrogen) atoms. The molecule has 0 atom stereocenters. The molecule has 2 N–H and O–H groups in total. The molecule has 0 aliphatic rings. The maximum Gasteiger partial charge on any atom is 0.337 e. The molecule has 0 bridgehead atoms. The standard InChI is InChI=1S/C10H12ClNO4S/c1-2-5-17(15,16)12-9-4-3-7(11)6-8(9)10(13)14/h3-4,6,12H,2,5H2,1H3,(H,13,14). The predicted molar refractivity (Wildman–Crippen MR) is 66.1 cm³/mol. The summed E-state index contributed by atoms with van der Waals surface area (Å²) in [5.74, 6) is -1.30. The highest BCUT2D eigenvalue weighted by molar-refractivity contribution is 7.92. The van der Waals surface area contributed by atoms with Crippen molar-refractivity contribution in [1.82, 2.24) is 0 Å². The summed E-state index contributed by atoms with van der Waals surface area (Å²) in [5.41, 5.74) is -0.146. The number of anilines is 1. The first-order valence-corrected chi connectivity index (χ1v) is 6.92. The van der Waals surface area contributed by atoms with E-state index in [1.165, 1.54) is 18.2 Å². The first kappa shape index (κ1) is 13.8. The summed E-state index contributed by atoms with van der Waals surface area (Å²) >= 11 is 5.65. The fourth-order valence-electron chi connectivity index (χ4n) is 1.27. The molecule has 5 nitrogen and oxygen atoms in total. The average Bonchev–Trinajstić information content (AvgIpc) is 2.20. The molecule has 0 radical (unpaired) electrons. The van der Waals surface area contributed by atoms with Gasteiger partial charge in [-0.3, -0.25) is 4.72 Å². The third-order valence-electron chi connectivity index (χ3n) is 1.95. The number of hydrogen-bond donors (Lipinski definition) is 2. The molecule has 94 valence electrons. The number of rotatable bonds is 5. The van der Waals surface area contributed by atoms with Gasteiger partial charge in [-0.2, -0.15) is 0 Å². The fraction of sp³-hybridized carbons (Fsp3) is 0.300. The molecule has 0 saturated carbocycles. The van der Waals surface area contributed by atoms with E-state index in [9.17, 15) is 13.2 Å². The minimum absolute atomic E-state index is 0.0235. The average molecular weight is 278 g/mol. The van der Waals surface area contributed by atoms with E-state index in [2.05, 4.69) is 4.72 Å². The van der Waals surface area contributed by atoms with Gasteiger partial charge in [-0.15, -0.1) is 0 Å². The van der Waals surface area contributed by atoms with Crippen molar-refractivity contribution in [2.24, 2.45) is 0 Å². The van der Waals surface area contributed by atoms with Gasteiger partial charge in [-0.05, 0) is 24.6 Å². The maximum atomic E-state index is 11.5. The molecule has 0 aliphatic carbocycles. The Morgan fingerprint density at radius 1 is 1.47 bits per heavy atom. The number of hydrogen-bond acceptors (Lipinski definition) is 3. The SMILES string of the molecule is CCCS(=O)(=O)Nc1ccc(Cl)cc1C(=O)O. The highest BCUT2D eigenvalue weighted by atomic mass is 35.5. The number of halogens is 1. The molecule has 0 saturated heterocycles. The molecule has 0 unspecified atom stereocenters. The van der Waals surface area contributed by atoms with Gasteiger partial charge in [0.25, 0.3) is 0 Å². The smallest absolute Gasteiger partial charge is 0.337 e. The Morgan fingerprint density at radius 3 is 2.65 bits per heavy atom. The Morgan fingerprint density at radius 2 is 2.12 bits per heavy atom. The lowest BCUT2D eigenvalue weighted by molar-refractivity contribution is 0.0698. The zero-order valence-electron chi connectivity index (χ0n) is 9.10. The van der Waals surface area contributed by atoms with E-state index in [4.69, 9.17) is 16.7 Å². The summed E-state index contributed by atoms with van der Waals surface area (Å²) < 4.78 is 25.3. The molecule has 1 rings (SSSR count). The fourth-order valence-corrected chi connectivity index (χ4v) is 2.59. The Kier molecular flexibility index (Phi) is 4.36. The first-order valence-electron chi connectivity index (χ1n) is 4.89. The molecule has 0 aromatic heterocycles. The van der Waals surface area contributed by atoms with Crippen LogP contribution in [0.4, 0.5) is 5.69 Å². The minimum Gasteiger partial charge on any atom is -0.478 e. The molecule has 0 heterocycles. The normalized spacial score (nSPS) is 11.2. The first-order chi connectivity index (χ1) is 7.85. The largest absolute Gasteiger partial charge is 0.478 e. The lowest BCUT2D eigenvalue weighted by atomic mass is 10.2. The van der Waals surface area contributed by atoms with Crippen molar-refractivity contribution >= 4 is 33.3 Å². The maximum absolute atomic E-state index is 11.5. The molecule has 1 aromatic rings. The van der Waals surface area contributed by atoms with E-state index in [-0.39, 0.29) is 22.0 Å². The topological polar surface area (TPSA) is 83.5 Å². The second-order valence-electron chi connectivity index (χ2n) is 3.42. The Bertz CT molecular complexity index is 527. The van der Waals surface area contributed by atoms with Crippen molar-refractivity contribution in [2.75, 3.05) is 10.5 Å². The van der Waals surface area contributed by atoms with Gasteiger partial charge in [-0.25, -0.2) is 13.2 Å². The zero-order valence-corrected chi connectivity index (χ0v) is 10.7. The van der Waals surface area contributed by atoms with Gasteiger partial charge in [0, 0.05) is 5.02 Å². The van der Waals surface area contributed by atoms with Crippen LogP contribution >= 0.6 is 11.6 Å². The number of sulfonamides is 1. The van der Waals surface area contributed by atoms with E-state index < -0.39 is 16.0 Å². The highest BCUT2D eigenvalue weighted by Gasteiger charge is 2.15. The van der Waals surface area contributed by atoms with Crippen molar-refractivity contribution in [3.63, 3.8) is 0 Å². The minimum atomic E-state index is -3.51. The summed E-state index contributed by atoms with van der Waals surface area (Å²) in [6.45, 7) is 1.72. The Labute approximate surface area is 104 Å². The highest BCUT2D eigenvalue weighted by Crippen LogP contribution is 2.21. The number of aromatic carboxylic acids is 1. The number of benzene rings is 1. The second-order valence-corrected chi connectivity index (χ2v) is 5.69. The van der Waals surface area contributed by atoms with Crippen molar-refractivity contribution in [1.29, 1.82) is 0 Å². The number of carboxylic acid groups (broad SMARTS) is 1. The molecule has 0 fully saturated rings. The summed E-state index contributed by atoms with van der Waals surface area (Å²) in [6, 6.07) is 3.96. The summed E-state index contributed by atoms with van der Waals surface area (Å²) in [4.78, 5) is 10.9. The van der Waals surface area contributed by atoms with Gasteiger partial charge in [0.2, 0.25) is 10.0 Å². The third-order valence-corrected chi connectivity index (χ3v) is 3.66. The molecule has 0 spiro atoms. The predicted octanol–water partition coefficient (Wildman–Crippen LogP) is 2.19. The lowest BCUT2D eigenvalue weighted by Gasteiger charge is -2.09. The van der Waals surface area contributed by atoms with Crippen LogP contribution < -0.4 is 4.72 Å². The number of carbonyl (C=O) groups is 1. The van der Waals surface area contributed by atoms with Crippen LogP contribution in [0.2, 0.25) is 5.02 Å². The van der Waals surface area contributed by atoms with Crippen LogP contribution in [0.5, 0.6) is 0 Å². The van der Waals surface area contributed by atoms with Crippen LogP contribution in [-0.4, -0.2) is 25.2 Å². The van der Waals surface area contributed by atoms with Crippen molar-refractivity contribution in [2.45, 2.75) is 13.3 Å². The van der Waals surface area contributed by atoms with E-state index in [0.29, 0.717) is 6.42 Å². The van der Waals surface area contributed by atoms with Crippen molar-refractivity contribution in [3.8, 4) is 0 Å². The summed E-state index contributed by atoms with van der Waals surface area (Å²) in [5, 5.41) is 9.16. The molecular weight excluding hydrogens is 266 g/mol. The Hall–Kier alpha value is -1.27. The number of nitrogens with one attached hydrogen (secondary N) is 1. The van der Waals surface area contributed by atoms with Crippen LogP contribution in [0.3, 0.4) is 0 Å². The van der Waals surface area contributed by atoms with Gasteiger partial charge >= 0.3 is 5.97 Å². The van der Waals surface area contributed by atoms with E-state index in [1.54, 1.807) is 6.92 Å². The molecule has 1 aromatic carbocycles. The third kappa shape index (κ3) is 3.90. The summed E-state index contributed by atoms with van der Waals surface area (Å²) in [6.07, 6.45) is 0.450. The Balaban J connectivity index is 3.11. The van der Waals surface area contributed by atoms with E-state index >= 15 is 0 Å². The van der Waals surface area contributed by atoms with Crippen molar-refractivity contribution in [3.05, 3.63) is 28.8 Å². The quantitative estimate of drug-likeness (QED) is 0.864. The zero-order chi connectivity index (χ0) is 13.1. The second kappa shape index (κ2) is 5.37. The monoisotopic (exact) mass is 277 g/mol. The van der Waals surface area contributed by atoms with Crippen LogP contribution in [0, 0.1) is 0 Å². The van der Waals surface area contributed by atoms with Gasteiger partial charge < -0.3 is 5.11 Å².